The summed E-state index contributed by atoms with van der Waals surface area (Å²) in [6, 6.07) is 8.09. The Balaban J connectivity index is 2.85. The number of nitrogens with zero attached hydrogens (tertiary/aromatic N) is 1. The molecule has 0 atom stereocenters. The van der Waals surface area contributed by atoms with Crippen molar-refractivity contribution in [3.8, 4) is 0 Å². The van der Waals surface area contributed by atoms with Crippen LogP contribution < -0.4 is 11.5 Å². The quantitative estimate of drug-likeness (QED) is 0.638. The van der Waals surface area contributed by atoms with Gasteiger partial charge in [0.25, 0.3) is 0 Å². The smallest absolute Gasteiger partial charge is 0.159 e. The number of nitrogens with two attached hydrogens (primary N) is 2. The molecule has 4 heteroatoms. The molecule has 0 aliphatic heterocycles. The molecule has 1 aromatic rings. The zero-order chi connectivity index (χ0) is 12.9. The predicted molar refractivity (Wildman–Crippen MR) is 77.9 cm³/mol. The number of hydrogen-bond donors (Lipinski definition) is 2. The van der Waals surface area contributed by atoms with Gasteiger partial charge in [-0.1, -0.05) is 44.7 Å². The first-order valence-electron chi connectivity index (χ1n) is 5.77. The lowest BCUT2D eigenvalue weighted by molar-refractivity contribution is 0.539. The van der Waals surface area contributed by atoms with Crippen molar-refractivity contribution in [1.82, 2.24) is 0 Å². The third kappa shape index (κ3) is 4.06. The molecule has 0 unspecified atom stereocenters. The van der Waals surface area contributed by atoms with Crippen molar-refractivity contribution in [2.24, 2.45) is 16.5 Å². The van der Waals surface area contributed by atoms with E-state index in [1.54, 1.807) is 11.8 Å². The molecule has 0 bridgehead atoms. The van der Waals surface area contributed by atoms with Crippen LogP contribution in [0.1, 0.15) is 26.3 Å². The zero-order valence-corrected chi connectivity index (χ0v) is 11.6. The molecule has 0 amide bonds. The fraction of sp³-hybridized carbons (Fsp3) is 0.462. The molecule has 0 heterocycles. The molecule has 0 saturated carbocycles. The lowest BCUT2D eigenvalue weighted by Gasteiger charge is -2.22. The summed E-state index contributed by atoms with van der Waals surface area (Å²) in [7, 11) is 0. The lowest BCUT2D eigenvalue weighted by Crippen LogP contribution is -2.27. The summed E-state index contributed by atoms with van der Waals surface area (Å²) in [6.45, 7) is 6.95. The van der Waals surface area contributed by atoms with Gasteiger partial charge in [-0.15, -0.1) is 0 Å². The maximum atomic E-state index is 5.76. The maximum Gasteiger partial charge on any atom is 0.159 e. The van der Waals surface area contributed by atoms with Crippen LogP contribution in [-0.2, 0) is 5.41 Å². The largest absolute Gasteiger partial charge is 0.378 e. The molecule has 3 nitrogen and oxygen atoms in total. The number of thioether (sulfide) groups is 1. The summed E-state index contributed by atoms with van der Waals surface area (Å²) in [6.07, 6.45) is 0. The Morgan fingerprint density at radius 3 is 2.35 bits per heavy atom. The van der Waals surface area contributed by atoms with Crippen molar-refractivity contribution in [2.45, 2.75) is 26.2 Å². The fourth-order valence-electron chi connectivity index (χ4n) is 1.41. The summed E-state index contributed by atoms with van der Waals surface area (Å²) >= 11 is 1.55. The van der Waals surface area contributed by atoms with Crippen LogP contribution in [0.3, 0.4) is 0 Å². The molecule has 1 rings (SSSR count). The summed E-state index contributed by atoms with van der Waals surface area (Å²) in [5.41, 5.74) is 13.6. The Morgan fingerprint density at radius 1 is 1.29 bits per heavy atom. The highest BCUT2D eigenvalue weighted by Crippen LogP contribution is 2.24. The van der Waals surface area contributed by atoms with Gasteiger partial charge in [0.15, 0.2) is 5.17 Å². The van der Waals surface area contributed by atoms with Crippen molar-refractivity contribution < 1.29 is 0 Å². The topological polar surface area (TPSA) is 64.4 Å². The number of amidine groups is 1. The van der Waals surface area contributed by atoms with E-state index in [-0.39, 0.29) is 5.41 Å². The zero-order valence-electron chi connectivity index (χ0n) is 10.7. The van der Waals surface area contributed by atoms with E-state index < -0.39 is 0 Å². The minimum atomic E-state index is 0.00591. The van der Waals surface area contributed by atoms with Crippen molar-refractivity contribution >= 4 is 22.6 Å². The molecule has 0 saturated heterocycles. The van der Waals surface area contributed by atoms with Crippen LogP contribution in [0, 0.1) is 0 Å². The Labute approximate surface area is 108 Å². The van der Waals surface area contributed by atoms with Gasteiger partial charge in [-0.25, -0.2) is 4.99 Å². The molecule has 4 N–H and O–H groups in total. The predicted octanol–water partition coefficient (Wildman–Crippen LogP) is 2.62. The van der Waals surface area contributed by atoms with Gasteiger partial charge in [-0.3, -0.25) is 0 Å². The third-order valence-corrected chi connectivity index (χ3v) is 3.37. The van der Waals surface area contributed by atoms with Crippen LogP contribution in [0.25, 0.3) is 0 Å². The van der Waals surface area contributed by atoms with Crippen molar-refractivity contribution in [1.29, 1.82) is 0 Å². The first-order chi connectivity index (χ1) is 7.99. The van der Waals surface area contributed by atoms with Gasteiger partial charge >= 0.3 is 0 Å². The van der Waals surface area contributed by atoms with E-state index in [2.05, 4.69) is 37.9 Å². The average molecular weight is 251 g/mol. The second kappa shape index (κ2) is 6.07. The summed E-state index contributed by atoms with van der Waals surface area (Å²) in [5, 5.41) is 0.610. The van der Waals surface area contributed by atoms with Crippen LogP contribution in [0.2, 0.25) is 0 Å². The molecule has 0 radical (unpaired) electrons. The molecule has 0 aromatic heterocycles. The molecule has 1 aromatic carbocycles. The second-order valence-corrected chi connectivity index (χ2v) is 5.80. The van der Waals surface area contributed by atoms with E-state index in [1.165, 1.54) is 5.56 Å². The van der Waals surface area contributed by atoms with E-state index in [1.807, 2.05) is 12.1 Å². The molecule has 17 heavy (non-hydrogen) atoms. The van der Waals surface area contributed by atoms with Gasteiger partial charge in [-0.2, -0.15) is 0 Å². The van der Waals surface area contributed by atoms with E-state index in [4.69, 9.17) is 11.5 Å². The monoisotopic (exact) mass is 251 g/mol. The minimum Gasteiger partial charge on any atom is -0.378 e. The van der Waals surface area contributed by atoms with Gasteiger partial charge in [0.05, 0.1) is 5.69 Å². The Morgan fingerprint density at radius 2 is 1.88 bits per heavy atom. The summed E-state index contributed by atoms with van der Waals surface area (Å²) in [5.74, 6) is 0.938. The van der Waals surface area contributed by atoms with Crippen LogP contribution in [0.4, 0.5) is 5.69 Å². The Bertz CT molecular complexity index is 382. The first-order valence-corrected chi connectivity index (χ1v) is 6.75. The minimum absolute atomic E-state index is 0.00591. The Kier molecular flexibility index (Phi) is 5.02. The summed E-state index contributed by atoms with van der Waals surface area (Å²) < 4.78 is 0. The molecule has 94 valence electrons. The van der Waals surface area contributed by atoms with Crippen LogP contribution in [0.5, 0.6) is 0 Å². The van der Waals surface area contributed by atoms with Gasteiger partial charge in [-0.05, 0) is 23.4 Å². The molecular weight excluding hydrogens is 230 g/mol. The number of rotatable bonds is 4. The molecule has 0 fully saturated rings. The second-order valence-electron chi connectivity index (χ2n) is 4.52. The van der Waals surface area contributed by atoms with E-state index in [0.717, 1.165) is 11.4 Å². The van der Waals surface area contributed by atoms with Crippen molar-refractivity contribution in [3.63, 3.8) is 0 Å². The standard InChI is InChI=1S/C13H21N3S/c1-4-17-12(15)16-11-7-5-10(6-8-11)13(2,3)9-14/h5-8H,4,9,14H2,1-3H3,(H2,15,16). The summed E-state index contributed by atoms with van der Waals surface area (Å²) in [4.78, 5) is 4.32. The third-order valence-electron chi connectivity index (χ3n) is 2.69. The maximum absolute atomic E-state index is 5.76. The van der Waals surface area contributed by atoms with Gasteiger partial charge in [0.1, 0.15) is 0 Å². The highest BCUT2D eigenvalue weighted by atomic mass is 32.2. The normalized spacial score (nSPS) is 12.8. The number of hydrogen-bond acceptors (Lipinski definition) is 3. The van der Waals surface area contributed by atoms with Gasteiger partial charge < -0.3 is 11.5 Å². The highest BCUT2D eigenvalue weighted by molar-refractivity contribution is 8.13. The van der Waals surface area contributed by atoms with Crippen molar-refractivity contribution in [3.05, 3.63) is 29.8 Å². The van der Waals surface area contributed by atoms with E-state index in [9.17, 15) is 0 Å². The molecule has 0 aliphatic carbocycles. The van der Waals surface area contributed by atoms with Crippen LogP contribution in [0.15, 0.2) is 29.3 Å². The first kappa shape index (κ1) is 14.1. The Hall–Kier alpha value is -1.00. The van der Waals surface area contributed by atoms with E-state index >= 15 is 0 Å². The van der Waals surface area contributed by atoms with Gasteiger partial charge in [0, 0.05) is 12.0 Å². The molecule has 0 aliphatic rings. The van der Waals surface area contributed by atoms with Crippen LogP contribution in [-0.4, -0.2) is 17.5 Å². The molecule has 0 spiro atoms. The average Bonchev–Trinajstić information content (AvgIpc) is 2.30. The van der Waals surface area contributed by atoms with Crippen molar-refractivity contribution in [2.75, 3.05) is 12.3 Å². The molecular formula is C13H21N3S. The number of benzene rings is 1. The van der Waals surface area contributed by atoms with Crippen LogP contribution >= 0.6 is 11.8 Å². The van der Waals surface area contributed by atoms with Gasteiger partial charge in [0.2, 0.25) is 0 Å². The fourth-order valence-corrected chi connectivity index (χ4v) is 1.88. The number of aliphatic imine (C=N–C) groups is 1. The highest BCUT2D eigenvalue weighted by Gasteiger charge is 2.17. The van der Waals surface area contributed by atoms with E-state index in [0.29, 0.717) is 11.7 Å². The SMILES string of the molecule is CCSC(N)=Nc1ccc(C(C)(C)CN)cc1. The lowest BCUT2D eigenvalue weighted by atomic mass is 9.85.